The fourth-order valence-electron chi connectivity index (χ4n) is 2.63. The lowest BCUT2D eigenvalue weighted by atomic mass is 10.1. The Labute approximate surface area is 130 Å². The maximum absolute atomic E-state index is 6.00. The van der Waals surface area contributed by atoms with E-state index in [9.17, 15) is 0 Å². The van der Waals surface area contributed by atoms with Gasteiger partial charge in [-0.25, -0.2) is 0 Å². The largest absolute Gasteiger partial charge is 0.361 e. The minimum absolute atomic E-state index is 0.767. The molecule has 0 aliphatic heterocycles. The van der Waals surface area contributed by atoms with E-state index in [2.05, 4.69) is 53.8 Å². The Hall–Kier alpha value is -1.77. The van der Waals surface area contributed by atoms with Gasteiger partial charge in [-0.2, -0.15) is 0 Å². The molecule has 0 amide bonds. The topological polar surface area (TPSA) is 27.8 Å². The fraction of sp³-hybridized carbons (Fsp3) is 0.222. The molecule has 2 aromatic carbocycles. The summed E-state index contributed by atoms with van der Waals surface area (Å²) in [5.41, 5.74) is 5.08. The maximum atomic E-state index is 6.00. The van der Waals surface area contributed by atoms with Gasteiger partial charge in [0.1, 0.15) is 0 Å². The molecule has 21 heavy (non-hydrogen) atoms. The SMILES string of the molecule is Cc1cccc(CCNCc2c[nH]c3cc(Cl)ccc23)c1. The van der Waals surface area contributed by atoms with Gasteiger partial charge in [0, 0.05) is 28.7 Å². The molecule has 0 unspecified atom stereocenters. The first kappa shape index (κ1) is 14.2. The van der Waals surface area contributed by atoms with E-state index in [0.717, 1.165) is 30.0 Å². The molecule has 0 bridgehead atoms. The Kier molecular flexibility index (Phi) is 4.28. The molecule has 2 nitrogen and oxygen atoms in total. The van der Waals surface area contributed by atoms with E-state index in [1.807, 2.05) is 12.1 Å². The summed E-state index contributed by atoms with van der Waals surface area (Å²) >= 11 is 6.00. The zero-order valence-electron chi connectivity index (χ0n) is 12.1. The number of H-pyrrole nitrogens is 1. The van der Waals surface area contributed by atoms with Crippen molar-refractivity contribution in [3.05, 3.63) is 70.4 Å². The van der Waals surface area contributed by atoms with E-state index < -0.39 is 0 Å². The van der Waals surface area contributed by atoms with Crippen LogP contribution in [-0.2, 0) is 13.0 Å². The molecule has 0 fully saturated rings. The van der Waals surface area contributed by atoms with Crippen molar-refractivity contribution in [3.8, 4) is 0 Å². The molecular weight excluding hydrogens is 280 g/mol. The van der Waals surface area contributed by atoms with Gasteiger partial charge < -0.3 is 10.3 Å². The van der Waals surface area contributed by atoms with Gasteiger partial charge in [0.15, 0.2) is 0 Å². The van der Waals surface area contributed by atoms with Gasteiger partial charge in [-0.3, -0.25) is 0 Å². The van der Waals surface area contributed by atoms with Crippen molar-refractivity contribution in [1.82, 2.24) is 10.3 Å². The molecule has 3 rings (SSSR count). The Bertz CT molecular complexity index is 746. The first-order chi connectivity index (χ1) is 10.2. The molecule has 0 radical (unpaired) electrons. The van der Waals surface area contributed by atoms with Gasteiger partial charge in [-0.05, 0) is 43.1 Å². The van der Waals surface area contributed by atoms with Crippen LogP contribution in [-0.4, -0.2) is 11.5 Å². The standard InChI is InChI=1S/C18H19ClN2/c1-13-3-2-4-14(9-13)7-8-20-11-15-12-21-18-10-16(19)5-6-17(15)18/h2-6,9-10,12,20-21H,7-8,11H2,1H3. The number of aromatic nitrogens is 1. The zero-order valence-corrected chi connectivity index (χ0v) is 12.9. The van der Waals surface area contributed by atoms with Gasteiger partial charge in [0.05, 0.1) is 0 Å². The highest BCUT2D eigenvalue weighted by Gasteiger charge is 2.03. The van der Waals surface area contributed by atoms with Crippen molar-refractivity contribution in [1.29, 1.82) is 0 Å². The summed E-state index contributed by atoms with van der Waals surface area (Å²) < 4.78 is 0. The molecule has 0 saturated heterocycles. The number of nitrogens with one attached hydrogen (secondary N) is 2. The Morgan fingerprint density at radius 1 is 1.14 bits per heavy atom. The predicted octanol–water partition coefficient (Wildman–Crippen LogP) is 4.46. The molecule has 1 heterocycles. The molecule has 108 valence electrons. The van der Waals surface area contributed by atoms with E-state index in [-0.39, 0.29) is 0 Å². The summed E-state index contributed by atoms with van der Waals surface area (Å²) in [5, 5.41) is 5.51. The molecule has 3 heteroatoms. The van der Waals surface area contributed by atoms with Crippen LogP contribution in [0.3, 0.4) is 0 Å². The Balaban J connectivity index is 1.57. The number of hydrogen-bond acceptors (Lipinski definition) is 1. The molecule has 0 aliphatic carbocycles. The normalized spacial score (nSPS) is 11.1. The molecule has 0 saturated carbocycles. The number of rotatable bonds is 5. The molecule has 0 spiro atoms. The van der Waals surface area contributed by atoms with Gasteiger partial charge in [0.25, 0.3) is 0 Å². The second kappa shape index (κ2) is 6.33. The van der Waals surface area contributed by atoms with E-state index in [4.69, 9.17) is 11.6 Å². The zero-order chi connectivity index (χ0) is 14.7. The third kappa shape index (κ3) is 3.46. The smallest absolute Gasteiger partial charge is 0.0472 e. The van der Waals surface area contributed by atoms with Crippen molar-refractivity contribution >= 4 is 22.5 Å². The predicted molar refractivity (Wildman–Crippen MR) is 89.9 cm³/mol. The van der Waals surface area contributed by atoms with Crippen molar-refractivity contribution < 1.29 is 0 Å². The first-order valence-corrected chi connectivity index (χ1v) is 7.62. The highest BCUT2D eigenvalue weighted by Crippen LogP contribution is 2.21. The van der Waals surface area contributed by atoms with Gasteiger partial charge in [-0.1, -0.05) is 47.5 Å². The minimum Gasteiger partial charge on any atom is -0.361 e. The average Bonchev–Trinajstić information content (AvgIpc) is 2.86. The van der Waals surface area contributed by atoms with Gasteiger partial charge >= 0.3 is 0 Å². The van der Waals surface area contributed by atoms with Crippen LogP contribution in [0.1, 0.15) is 16.7 Å². The lowest BCUT2D eigenvalue weighted by Crippen LogP contribution is -2.16. The summed E-state index contributed by atoms with van der Waals surface area (Å²) in [6.45, 7) is 3.98. The Morgan fingerprint density at radius 2 is 2.05 bits per heavy atom. The second-order valence-corrected chi connectivity index (χ2v) is 5.86. The maximum Gasteiger partial charge on any atom is 0.0472 e. The lowest BCUT2D eigenvalue weighted by molar-refractivity contribution is 0.689. The number of benzene rings is 2. The van der Waals surface area contributed by atoms with Gasteiger partial charge in [-0.15, -0.1) is 0 Å². The Morgan fingerprint density at radius 3 is 2.90 bits per heavy atom. The van der Waals surface area contributed by atoms with Crippen molar-refractivity contribution in [2.24, 2.45) is 0 Å². The van der Waals surface area contributed by atoms with E-state index >= 15 is 0 Å². The monoisotopic (exact) mass is 298 g/mol. The van der Waals surface area contributed by atoms with Crippen LogP contribution >= 0.6 is 11.6 Å². The van der Waals surface area contributed by atoms with Crippen LogP contribution in [0.15, 0.2) is 48.7 Å². The number of halogens is 1. The summed E-state index contributed by atoms with van der Waals surface area (Å²) in [6.07, 6.45) is 3.11. The van der Waals surface area contributed by atoms with Crippen LogP contribution in [0.4, 0.5) is 0 Å². The third-order valence-electron chi connectivity index (χ3n) is 3.72. The van der Waals surface area contributed by atoms with Crippen molar-refractivity contribution in [2.45, 2.75) is 19.9 Å². The molecule has 0 atom stereocenters. The number of fused-ring (bicyclic) bond motifs is 1. The van der Waals surface area contributed by atoms with E-state index in [1.165, 1.54) is 22.1 Å². The number of aryl methyl sites for hydroxylation is 1. The van der Waals surface area contributed by atoms with Crippen LogP contribution in [0.5, 0.6) is 0 Å². The van der Waals surface area contributed by atoms with Crippen molar-refractivity contribution in [2.75, 3.05) is 6.54 Å². The number of hydrogen-bond donors (Lipinski definition) is 2. The number of aromatic amines is 1. The lowest BCUT2D eigenvalue weighted by Gasteiger charge is -2.05. The van der Waals surface area contributed by atoms with Gasteiger partial charge in [0.2, 0.25) is 0 Å². The molecule has 0 aliphatic rings. The van der Waals surface area contributed by atoms with Crippen LogP contribution in [0.2, 0.25) is 5.02 Å². The molecule has 2 N–H and O–H groups in total. The van der Waals surface area contributed by atoms with E-state index in [1.54, 1.807) is 0 Å². The first-order valence-electron chi connectivity index (χ1n) is 7.24. The summed E-state index contributed by atoms with van der Waals surface area (Å²) in [7, 11) is 0. The van der Waals surface area contributed by atoms with Crippen molar-refractivity contribution in [3.63, 3.8) is 0 Å². The van der Waals surface area contributed by atoms with E-state index in [0.29, 0.717) is 0 Å². The van der Waals surface area contributed by atoms with Crippen LogP contribution < -0.4 is 5.32 Å². The average molecular weight is 299 g/mol. The van der Waals surface area contributed by atoms with Crippen LogP contribution in [0.25, 0.3) is 10.9 Å². The third-order valence-corrected chi connectivity index (χ3v) is 3.95. The minimum atomic E-state index is 0.767. The molecular formula is C18H19ClN2. The summed E-state index contributed by atoms with van der Waals surface area (Å²) in [5.74, 6) is 0. The summed E-state index contributed by atoms with van der Waals surface area (Å²) in [4.78, 5) is 3.27. The van der Waals surface area contributed by atoms with Crippen LogP contribution in [0, 0.1) is 6.92 Å². The highest BCUT2D eigenvalue weighted by molar-refractivity contribution is 6.31. The summed E-state index contributed by atoms with van der Waals surface area (Å²) in [6, 6.07) is 14.7. The molecule has 1 aromatic heterocycles. The highest BCUT2D eigenvalue weighted by atomic mass is 35.5. The quantitative estimate of drug-likeness (QED) is 0.669. The molecule has 3 aromatic rings. The second-order valence-electron chi connectivity index (χ2n) is 5.42. The fourth-order valence-corrected chi connectivity index (χ4v) is 2.80.